The summed E-state index contributed by atoms with van der Waals surface area (Å²) in [4.78, 5) is 18.4. The third kappa shape index (κ3) is 3.94. The third-order valence-electron chi connectivity index (χ3n) is 3.58. The summed E-state index contributed by atoms with van der Waals surface area (Å²) >= 11 is 1.46. The Morgan fingerprint density at radius 3 is 2.74 bits per heavy atom. The Bertz CT molecular complexity index is 826. The van der Waals surface area contributed by atoms with Gasteiger partial charge in [0, 0.05) is 23.9 Å². The fourth-order valence-corrected chi connectivity index (χ4v) is 3.06. The minimum absolute atomic E-state index is 0.00175. The zero-order valence-corrected chi connectivity index (χ0v) is 14.1. The van der Waals surface area contributed by atoms with Gasteiger partial charge in [0.1, 0.15) is 0 Å². The Balaban J connectivity index is 1.74. The summed E-state index contributed by atoms with van der Waals surface area (Å²) in [6.45, 7) is 0.731. The van der Waals surface area contributed by atoms with Crippen molar-refractivity contribution in [3.63, 3.8) is 0 Å². The molecule has 3 aromatic rings. The summed E-state index contributed by atoms with van der Waals surface area (Å²) in [6.07, 6.45) is 0.470. The maximum atomic E-state index is 11.9. The lowest BCUT2D eigenvalue weighted by molar-refractivity contribution is -0.116. The van der Waals surface area contributed by atoms with Crippen molar-refractivity contribution in [2.45, 2.75) is 6.42 Å². The van der Waals surface area contributed by atoms with Gasteiger partial charge in [-0.3, -0.25) is 4.79 Å². The van der Waals surface area contributed by atoms with Crippen LogP contribution in [-0.2, 0) is 4.79 Å². The molecule has 118 valence electrons. The Hall–Kier alpha value is -2.24. The van der Waals surface area contributed by atoms with Crippen molar-refractivity contribution in [1.29, 1.82) is 0 Å². The molecule has 0 saturated carbocycles. The van der Waals surface area contributed by atoms with Crippen LogP contribution in [0.4, 0.5) is 5.13 Å². The fraction of sp³-hybridized carbons (Fsp3) is 0.222. The number of hydrogen-bond acceptors (Lipinski definition) is 4. The summed E-state index contributed by atoms with van der Waals surface area (Å²) in [6, 6.07) is 14.5. The molecule has 1 amide bonds. The van der Waals surface area contributed by atoms with E-state index in [1.165, 1.54) is 22.1 Å². The van der Waals surface area contributed by atoms with Crippen LogP contribution in [0, 0.1) is 0 Å². The van der Waals surface area contributed by atoms with E-state index in [9.17, 15) is 4.79 Å². The van der Waals surface area contributed by atoms with E-state index >= 15 is 0 Å². The van der Waals surface area contributed by atoms with Crippen LogP contribution in [0.2, 0.25) is 0 Å². The number of benzene rings is 2. The number of carbonyl (C=O) groups is 1. The Morgan fingerprint density at radius 2 is 1.96 bits per heavy atom. The molecule has 5 heteroatoms. The van der Waals surface area contributed by atoms with E-state index in [0.29, 0.717) is 11.6 Å². The highest BCUT2D eigenvalue weighted by Crippen LogP contribution is 2.27. The monoisotopic (exact) mass is 325 g/mol. The Kier molecular flexibility index (Phi) is 4.69. The predicted octanol–water partition coefficient (Wildman–Crippen LogP) is 3.85. The number of aromatic nitrogens is 1. The first-order chi connectivity index (χ1) is 11.1. The van der Waals surface area contributed by atoms with Gasteiger partial charge in [-0.25, -0.2) is 4.98 Å². The molecule has 1 N–H and O–H groups in total. The molecule has 1 heterocycles. The van der Waals surface area contributed by atoms with Crippen molar-refractivity contribution in [2.75, 3.05) is 26.0 Å². The fourth-order valence-electron chi connectivity index (χ4n) is 2.32. The first-order valence-electron chi connectivity index (χ1n) is 7.51. The largest absolute Gasteiger partial charge is 0.309 e. The molecule has 2 aromatic carbocycles. The van der Waals surface area contributed by atoms with Gasteiger partial charge in [0.15, 0.2) is 5.13 Å². The second kappa shape index (κ2) is 6.89. The van der Waals surface area contributed by atoms with E-state index in [-0.39, 0.29) is 5.91 Å². The Morgan fingerprint density at radius 1 is 1.17 bits per heavy atom. The lowest BCUT2D eigenvalue weighted by Crippen LogP contribution is -2.20. The van der Waals surface area contributed by atoms with Crippen LogP contribution in [-0.4, -0.2) is 36.4 Å². The number of hydrogen-bond donors (Lipinski definition) is 1. The molecule has 0 radical (unpaired) electrons. The van der Waals surface area contributed by atoms with Gasteiger partial charge >= 0.3 is 0 Å². The van der Waals surface area contributed by atoms with Crippen LogP contribution >= 0.6 is 11.3 Å². The average molecular weight is 325 g/mol. The van der Waals surface area contributed by atoms with Gasteiger partial charge in [-0.15, -0.1) is 11.3 Å². The molecule has 0 aliphatic rings. The molecule has 3 rings (SSSR count). The van der Waals surface area contributed by atoms with Crippen LogP contribution in [0.5, 0.6) is 0 Å². The zero-order chi connectivity index (χ0) is 16.2. The van der Waals surface area contributed by atoms with Gasteiger partial charge < -0.3 is 10.2 Å². The summed E-state index contributed by atoms with van der Waals surface area (Å²) in [5, 5.41) is 7.90. The summed E-state index contributed by atoms with van der Waals surface area (Å²) in [5.74, 6) is -0.00175. The summed E-state index contributed by atoms with van der Waals surface area (Å²) in [7, 11) is 3.91. The molecule has 0 fully saturated rings. The quantitative estimate of drug-likeness (QED) is 0.775. The maximum absolute atomic E-state index is 11.9. The van der Waals surface area contributed by atoms with Crippen LogP contribution in [0.15, 0.2) is 47.8 Å². The number of anilines is 1. The van der Waals surface area contributed by atoms with E-state index in [4.69, 9.17) is 0 Å². The van der Waals surface area contributed by atoms with Crippen molar-refractivity contribution < 1.29 is 4.79 Å². The minimum atomic E-state index is -0.00175. The number of thiazole rings is 1. The normalized spacial score (nSPS) is 11.1. The third-order valence-corrected chi connectivity index (χ3v) is 4.34. The molecular formula is C18H19N3OS. The van der Waals surface area contributed by atoms with Crippen LogP contribution in [0.3, 0.4) is 0 Å². The van der Waals surface area contributed by atoms with Crippen molar-refractivity contribution in [3.05, 3.63) is 47.8 Å². The zero-order valence-electron chi connectivity index (χ0n) is 13.2. The van der Waals surface area contributed by atoms with Crippen LogP contribution in [0.25, 0.3) is 22.0 Å². The van der Waals surface area contributed by atoms with Gasteiger partial charge in [-0.1, -0.05) is 36.4 Å². The molecule has 0 aliphatic heterocycles. The molecule has 0 unspecified atom stereocenters. The average Bonchev–Trinajstić information content (AvgIpc) is 3.01. The number of nitrogens with one attached hydrogen (secondary N) is 1. The van der Waals surface area contributed by atoms with Gasteiger partial charge in [0.25, 0.3) is 0 Å². The van der Waals surface area contributed by atoms with E-state index in [0.717, 1.165) is 17.8 Å². The number of carbonyl (C=O) groups excluding carboxylic acids is 1. The lowest BCUT2D eigenvalue weighted by Gasteiger charge is -2.08. The number of amides is 1. The van der Waals surface area contributed by atoms with E-state index in [2.05, 4.69) is 40.6 Å². The number of rotatable bonds is 5. The molecule has 0 saturated heterocycles. The van der Waals surface area contributed by atoms with Gasteiger partial charge in [-0.05, 0) is 30.9 Å². The topological polar surface area (TPSA) is 45.2 Å². The highest BCUT2D eigenvalue weighted by atomic mass is 32.1. The molecule has 0 atom stereocenters. The van der Waals surface area contributed by atoms with Crippen molar-refractivity contribution >= 4 is 33.1 Å². The lowest BCUT2D eigenvalue weighted by atomic mass is 10.1. The minimum Gasteiger partial charge on any atom is -0.309 e. The second-order valence-electron chi connectivity index (χ2n) is 5.70. The summed E-state index contributed by atoms with van der Waals surface area (Å²) in [5.41, 5.74) is 1.96. The van der Waals surface area contributed by atoms with E-state index in [1.807, 2.05) is 36.5 Å². The van der Waals surface area contributed by atoms with Crippen molar-refractivity contribution in [2.24, 2.45) is 0 Å². The summed E-state index contributed by atoms with van der Waals surface area (Å²) < 4.78 is 0. The Labute approximate surface area is 139 Å². The first kappa shape index (κ1) is 15.6. The highest BCUT2D eigenvalue weighted by Gasteiger charge is 2.09. The molecule has 1 aromatic heterocycles. The predicted molar refractivity (Wildman–Crippen MR) is 96.9 cm³/mol. The van der Waals surface area contributed by atoms with Crippen LogP contribution in [0.1, 0.15) is 6.42 Å². The van der Waals surface area contributed by atoms with Crippen molar-refractivity contribution in [3.8, 4) is 11.3 Å². The first-order valence-corrected chi connectivity index (χ1v) is 8.39. The molecule has 0 aliphatic carbocycles. The molecule has 0 spiro atoms. The second-order valence-corrected chi connectivity index (χ2v) is 6.56. The maximum Gasteiger partial charge on any atom is 0.227 e. The molecule has 23 heavy (non-hydrogen) atoms. The smallest absolute Gasteiger partial charge is 0.227 e. The van der Waals surface area contributed by atoms with Gasteiger partial charge in [0.05, 0.1) is 5.69 Å². The van der Waals surface area contributed by atoms with Gasteiger partial charge in [-0.2, -0.15) is 0 Å². The number of nitrogens with zero attached hydrogens (tertiary/aromatic N) is 2. The van der Waals surface area contributed by atoms with E-state index in [1.54, 1.807) is 0 Å². The highest BCUT2D eigenvalue weighted by molar-refractivity contribution is 7.14. The molecule has 4 nitrogen and oxygen atoms in total. The van der Waals surface area contributed by atoms with Crippen molar-refractivity contribution in [1.82, 2.24) is 9.88 Å². The molecular weight excluding hydrogens is 306 g/mol. The standard InChI is InChI=1S/C18H19N3OS/c1-21(2)10-9-17(22)20-18-19-16(12-23-18)15-8-7-13-5-3-4-6-14(13)11-15/h3-8,11-12H,9-10H2,1-2H3,(H,19,20,22). The SMILES string of the molecule is CN(C)CCC(=O)Nc1nc(-c2ccc3ccccc3c2)cs1. The van der Waals surface area contributed by atoms with Crippen LogP contribution < -0.4 is 5.32 Å². The number of fused-ring (bicyclic) bond motifs is 1. The molecule has 0 bridgehead atoms. The van der Waals surface area contributed by atoms with E-state index < -0.39 is 0 Å². The van der Waals surface area contributed by atoms with Gasteiger partial charge in [0.2, 0.25) is 5.91 Å².